The van der Waals surface area contributed by atoms with Crippen molar-refractivity contribution in [1.82, 2.24) is 14.5 Å². The fourth-order valence-electron chi connectivity index (χ4n) is 4.10. The Labute approximate surface area is 200 Å². The Kier molecular flexibility index (Phi) is 6.11. The fraction of sp³-hybridized carbons (Fsp3) is 0.120. The van der Waals surface area contributed by atoms with Crippen LogP contribution in [0.4, 0.5) is 11.8 Å². The van der Waals surface area contributed by atoms with E-state index in [1.165, 1.54) is 26.6 Å². The molecule has 0 aliphatic rings. The Balaban J connectivity index is 2.09. The first-order valence-electron chi connectivity index (χ1n) is 10.5. The molecule has 2 heterocycles. The smallest absolute Gasteiger partial charge is 0.341 e. The minimum Gasteiger partial charge on any atom is -0.493 e. The van der Waals surface area contributed by atoms with E-state index < -0.39 is 17.0 Å². The monoisotopic (exact) mass is 473 g/mol. The van der Waals surface area contributed by atoms with E-state index in [4.69, 9.17) is 20.9 Å². The predicted molar refractivity (Wildman–Crippen MR) is 134 cm³/mol. The number of nitrogens with two attached hydrogens (primary N) is 2. The molecule has 10 heteroatoms. The topological polar surface area (TPSA) is 156 Å². The number of nitrogen functional groups attached to an aromatic ring is 2. The van der Waals surface area contributed by atoms with Crippen LogP contribution in [0.2, 0.25) is 0 Å². The fourth-order valence-corrected chi connectivity index (χ4v) is 4.10. The van der Waals surface area contributed by atoms with Crippen molar-refractivity contribution in [3.05, 3.63) is 76.1 Å². The molecule has 0 saturated carbocycles. The lowest BCUT2D eigenvalue weighted by atomic mass is 9.96. The van der Waals surface area contributed by atoms with Crippen LogP contribution < -0.4 is 26.4 Å². The molecule has 0 atom stereocenters. The van der Waals surface area contributed by atoms with Gasteiger partial charge in [-0.25, -0.2) is 9.78 Å². The minimum atomic E-state index is -1.38. The average molecular weight is 473 g/mol. The molecule has 2 aromatic carbocycles. The van der Waals surface area contributed by atoms with Gasteiger partial charge in [0.2, 0.25) is 11.4 Å². The maximum Gasteiger partial charge on any atom is 0.341 e. The summed E-state index contributed by atoms with van der Waals surface area (Å²) in [7, 11) is 2.90. The number of pyridine rings is 1. The van der Waals surface area contributed by atoms with Crippen molar-refractivity contribution in [2.75, 3.05) is 25.7 Å². The van der Waals surface area contributed by atoms with Crippen LogP contribution in [0, 0.1) is 0 Å². The number of hydrogen-bond acceptors (Lipinski definition) is 8. The molecule has 4 rings (SSSR count). The van der Waals surface area contributed by atoms with Gasteiger partial charge in [0, 0.05) is 35.3 Å². The number of para-hydroxylation sites is 1. The van der Waals surface area contributed by atoms with Crippen LogP contribution in [0.5, 0.6) is 11.5 Å². The van der Waals surface area contributed by atoms with Gasteiger partial charge in [0.15, 0.2) is 11.5 Å². The molecule has 35 heavy (non-hydrogen) atoms. The summed E-state index contributed by atoms with van der Waals surface area (Å²) in [5, 5.41) is 10.3. The lowest BCUT2D eigenvalue weighted by Crippen LogP contribution is -2.21. The number of aromatic nitrogens is 3. The molecule has 0 bridgehead atoms. The maximum atomic E-state index is 13.3. The van der Waals surface area contributed by atoms with Gasteiger partial charge < -0.3 is 30.6 Å². The quantitative estimate of drug-likeness (QED) is 0.367. The number of benzene rings is 2. The zero-order chi connectivity index (χ0) is 25.3. The Morgan fingerprint density at radius 2 is 1.94 bits per heavy atom. The van der Waals surface area contributed by atoms with Gasteiger partial charge in [-0.05, 0) is 29.8 Å². The van der Waals surface area contributed by atoms with E-state index in [-0.39, 0.29) is 35.0 Å². The van der Waals surface area contributed by atoms with Gasteiger partial charge in [0.25, 0.3) is 0 Å². The summed E-state index contributed by atoms with van der Waals surface area (Å²) in [6, 6.07) is 10.2. The Bertz CT molecular complexity index is 1540. The molecule has 0 amide bonds. The second-order valence-electron chi connectivity index (χ2n) is 7.62. The summed E-state index contributed by atoms with van der Waals surface area (Å²) in [6.45, 7) is 3.86. The van der Waals surface area contributed by atoms with Crippen LogP contribution >= 0.6 is 0 Å². The van der Waals surface area contributed by atoms with E-state index in [2.05, 4.69) is 16.5 Å². The van der Waals surface area contributed by atoms with E-state index in [0.29, 0.717) is 28.0 Å². The highest BCUT2D eigenvalue weighted by Crippen LogP contribution is 2.41. The van der Waals surface area contributed by atoms with Gasteiger partial charge >= 0.3 is 5.97 Å². The van der Waals surface area contributed by atoms with Crippen LogP contribution in [0.15, 0.2) is 54.0 Å². The third-order valence-electron chi connectivity index (χ3n) is 5.61. The lowest BCUT2D eigenvalue weighted by molar-refractivity contribution is 0.0696. The van der Waals surface area contributed by atoms with Crippen molar-refractivity contribution in [1.29, 1.82) is 0 Å². The SMILES string of the molecule is C=Cn1c(-c2cc(Cc3cnc(N)nc3N)cc(OC)c2OC)c(C(=O)O)c(=O)c2ccccc21. The Hall–Kier alpha value is -4.86. The van der Waals surface area contributed by atoms with Gasteiger partial charge in [-0.2, -0.15) is 4.98 Å². The highest BCUT2D eigenvalue weighted by Gasteiger charge is 2.26. The van der Waals surface area contributed by atoms with Crippen LogP contribution in [-0.2, 0) is 6.42 Å². The molecule has 5 N–H and O–H groups in total. The van der Waals surface area contributed by atoms with Crippen molar-refractivity contribution >= 4 is 34.8 Å². The Morgan fingerprint density at radius 3 is 2.57 bits per heavy atom. The molecule has 10 nitrogen and oxygen atoms in total. The molecule has 0 radical (unpaired) electrons. The molecule has 0 fully saturated rings. The number of rotatable bonds is 7. The number of methoxy groups -OCH3 is 2. The number of fused-ring (bicyclic) bond motifs is 1. The first-order valence-corrected chi connectivity index (χ1v) is 10.5. The second-order valence-corrected chi connectivity index (χ2v) is 7.62. The first-order chi connectivity index (χ1) is 16.8. The summed E-state index contributed by atoms with van der Waals surface area (Å²) in [6.07, 6.45) is 3.26. The molecule has 2 aromatic heterocycles. The summed E-state index contributed by atoms with van der Waals surface area (Å²) in [5.74, 6) is -0.521. The zero-order valence-electron chi connectivity index (χ0n) is 19.1. The van der Waals surface area contributed by atoms with E-state index in [1.54, 1.807) is 41.0 Å². The largest absolute Gasteiger partial charge is 0.493 e. The van der Waals surface area contributed by atoms with Crippen LogP contribution in [0.25, 0.3) is 28.4 Å². The van der Waals surface area contributed by atoms with E-state index in [0.717, 1.165) is 0 Å². The van der Waals surface area contributed by atoms with Crippen LogP contribution in [0.1, 0.15) is 21.5 Å². The zero-order valence-corrected chi connectivity index (χ0v) is 19.1. The summed E-state index contributed by atoms with van der Waals surface area (Å²) < 4.78 is 12.7. The molecule has 0 spiro atoms. The lowest BCUT2D eigenvalue weighted by Gasteiger charge is -2.20. The normalized spacial score (nSPS) is 10.8. The van der Waals surface area contributed by atoms with E-state index in [1.807, 2.05) is 0 Å². The maximum absolute atomic E-state index is 13.3. The second kappa shape index (κ2) is 9.18. The molecule has 0 aliphatic heterocycles. The van der Waals surface area contributed by atoms with Crippen molar-refractivity contribution in [2.24, 2.45) is 0 Å². The number of carboxylic acid groups (broad SMARTS) is 1. The van der Waals surface area contributed by atoms with E-state index in [9.17, 15) is 14.7 Å². The van der Waals surface area contributed by atoms with Crippen molar-refractivity contribution in [3.63, 3.8) is 0 Å². The average Bonchev–Trinajstić information content (AvgIpc) is 2.84. The highest BCUT2D eigenvalue weighted by atomic mass is 16.5. The number of hydrogen-bond donors (Lipinski definition) is 3. The van der Waals surface area contributed by atoms with Crippen molar-refractivity contribution < 1.29 is 19.4 Å². The molecular weight excluding hydrogens is 450 g/mol. The predicted octanol–water partition coefficient (Wildman–Crippen LogP) is 3.03. The summed E-state index contributed by atoms with van der Waals surface area (Å²) in [4.78, 5) is 33.7. The molecule has 0 saturated heterocycles. The minimum absolute atomic E-state index is 0.0523. The molecule has 4 aromatic rings. The molecular formula is C25H23N5O5. The summed E-state index contributed by atoms with van der Waals surface area (Å²) >= 11 is 0. The van der Waals surface area contributed by atoms with Crippen LogP contribution in [-0.4, -0.2) is 39.8 Å². The number of aromatic carboxylic acids is 1. The van der Waals surface area contributed by atoms with Gasteiger partial charge in [-0.3, -0.25) is 4.79 Å². The highest BCUT2D eigenvalue weighted by molar-refractivity contribution is 6.01. The number of ether oxygens (including phenoxy) is 2. The number of carboxylic acids is 1. The van der Waals surface area contributed by atoms with Crippen molar-refractivity contribution in [3.8, 4) is 22.8 Å². The third-order valence-corrected chi connectivity index (χ3v) is 5.61. The molecule has 178 valence electrons. The van der Waals surface area contributed by atoms with Crippen molar-refractivity contribution in [2.45, 2.75) is 6.42 Å². The van der Waals surface area contributed by atoms with Gasteiger partial charge in [-0.1, -0.05) is 18.7 Å². The number of nitrogens with zero attached hydrogens (tertiary/aromatic N) is 3. The third kappa shape index (κ3) is 4.01. The van der Waals surface area contributed by atoms with Gasteiger partial charge in [0.05, 0.1) is 25.4 Å². The van der Waals surface area contributed by atoms with Gasteiger partial charge in [0.1, 0.15) is 11.4 Å². The Morgan fingerprint density at radius 1 is 1.20 bits per heavy atom. The number of anilines is 2. The van der Waals surface area contributed by atoms with E-state index >= 15 is 0 Å². The molecule has 0 unspecified atom stereocenters. The van der Waals surface area contributed by atoms with Gasteiger partial charge in [-0.15, -0.1) is 0 Å². The summed E-state index contributed by atoms with van der Waals surface area (Å²) in [5.41, 5.74) is 12.8. The standard InChI is InChI=1S/C25H23N5O5/c1-4-30-17-8-6-5-7-15(17)21(31)19(24(32)33)20(30)16-10-13(11-18(34-2)22(16)35-3)9-14-12-28-25(27)29-23(14)26/h4-8,10-12H,1,9H2,2-3H3,(H,32,33)(H4,26,27,28,29). The number of carbonyl (C=O) groups is 1. The molecule has 0 aliphatic carbocycles. The first kappa shape index (κ1) is 23.3. The van der Waals surface area contributed by atoms with Crippen LogP contribution in [0.3, 0.4) is 0 Å².